The first kappa shape index (κ1) is 13.9. The van der Waals surface area contributed by atoms with Crippen LogP contribution in [0.4, 0.5) is 5.82 Å². The number of aryl methyl sites for hydroxylation is 1. The Morgan fingerprint density at radius 3 is 2.78 bits per heavy atom. The third-order valence-electron chi connectivity index (χ3n) is 3.62. The summed E-state index contributed by atoms with van der Waals surface area (Å²) in [6, 6.07) is 12.2. The lowest BCUT2D eigenvalue weighted by Crippen LogP contribution is -2.07. The normalized spacial score (nSPS) is 11.0. The van der Waals surface area contributed by atoms with Gasteiger partial charge in [-0.1, -0.05) is 30.3 Å². The first-order valence-corrected chi connectivity index (χ1v) is 8.23. The SMILES string of the molecule is Cc1csc2nc(-n3cccn3)nc(NCc3ccccc3)c12. The largest absolute Gasteiger partial charge is 0.365 e. The summed E-state index contributed by atoms with van der Waals surface area (Å²) in [5.74, 6) is 1.43. The molecule has 3 aromatic heterocycles. The minimum Gasteiger partial charge on any atom is -0.365 e. The van der Waals surface area contributed by atoms with Gasteiger partial charge in [0.2, 0.25) is 0 Å². The minimum absolute atomic E-state index is 0.583. The minimum atomic E-state index is 0.583. The van der Waals surface area contributed by atoms with Crippen LogP contribution in [0.3, 0.4) is 0 Å². The maximum Gasteiger partial charge on any atom is 0.253 e. The molecule has 114 valence electrons. The van der Waals surface area contributed by atoms with Crippen LogP contribution in [0.15, 0.2) is 54.2 Å². The molecule has 5 nitrogen and oxygen atoms in total. The quantitative estimate of drug-likeness (QED) is 0.621. The standard InChI is InChI=1S/C17H15N5S/c1-12-11-23-16-14(12)15(18-10-13-6-3-2-4-7-13)20-17(21-16)22-9-5-8-19-22/h2-9,11H,10H2,1H3,(H,18,20,21). The molecule has 1 aromatic carbocycles. The van der Waals surface area contributed by atoms with Crippen molar-refractivity contribution in [1.29, 1.82) is 0 Å². The fourth-order valence-corrected chi connectivity index (χ4v) is 3.39. The van der Waals surface area contributed by atoms with Crippen LogP contribution in [-0.2, 0) is 6.54 Å². The Balaban J connectivity index is 1.75. The molecule has 0 spiro atoms. The van der Waals surface area contributed by atoms with Gasteiger partial charge >= 0.3 is 0 Å². The first-order chi connectivity index (χ1) is 11.3. The molecule has 0 atom stereocenters. The highest BCUT2D eigenvalue weighted by Crippen LogP contribution is 2.30. The summed E-state index contributed by atoms with van der Waals surface area (Å²) in [6.07, 6.45) is 3.58. The predicted molar refractivity (Wildman–Crippen MR) is 93.0 cm³/mol. The van der Waals surface area contributed by atoms with Crippen molar-refractivity contribution in [3.63, 3.8) is 0 Å². The molecular formula is C17H15N5S. The number of benzene rings is 1. The monoisotopic (exact) mass is 321 g/mol. The molecule has 0 amide bonds. The van der Waals surface area contributed by atoms with Crippen molar-refractivity contribution in [2.45, 2.75) is 13.5 Å². The van der Waals surface area contributed by atoms with Gasteiger partial charge in [-0.3, -0.25) is 0 Å². The number of hydrogen-bond donors (Lipinski definition) is 1. The Kier molecular flexibility index (Phi) is 3.51. The van der Waals surface area contributed by atoms with E-state index in [1.54, 1.807) is 22.2 Å². The summed E-state index contributed by atoms with van der Waals surface area (Å²) in [6.45, 7) is 2.81. The van der Waals surface area contributed by atoms with Gasteiger partial charge in [0.1, 0.15) is 10.6 Å². The highest BCUT2D eigenvalue weighted by atomic mass is 32.1. The lowest BCUT2D eigenvalue weighted by atomic mass is 10.2. The van der Waals surface area contributed by atoms with Gasteiger partial charge in [-0.15, -0.1) is 11.3 Å². The Hall–Kier alpha value is -2.73. The number of aromatic nitrogens is 4. The molecule has 6 heteroatoms. The van der Waals surface area contributed by atoms with Gasteiger partial charge in [-0.2, -0.15) is 15.1 Å². The summed E-state index contributed by atoms with van der Waals surface area (Å²) < 4.78 is 1.68. The van der Waals surface area contributed by atoms with Gasteiger partial charge in [-0.25, -0.2) is 4.68 Å². The van der Waals surface area contributed by atoms with Crippen molar-refractivity contribution in [2.75, 3.05) is 5.32 Å². The molecule has 4 aromatic rings. The van der Waals surface area contributed by atoms with E-state index >= 15 is 0 Å². The van der Waals surface area contributed by atoms with Crippen LogP contribution in [0.1, 0.15) is 11.1 Å². The molecule has 0 saturated carbocycles. The van der Waals surface area contributed by atoms with Crippen LogP contribution in [0, 0.1) is 6.92 Å². The molecule has 3 heterocycles. The second-order valence-electron chi connectivity index (χ2n) is 5.26. The van der Waals surface area contributed by atoms with Crippen molar-refractivity contribution in [3.05, 3.63) is 65.3 Å². The second kappa shape index (κ2) is 5.81. The van der Waals surface area contributed by atoms with Crippen LogP contribution >= 0.6 is 11.3 Å². The molecule has 0 fully saturated rings. The van der Waals surface area contributed by atoms with Crippen molar-refractivity contribution in [2.24, 2.45) is 0 Å². The molecule has 0 aliphatic carbocycles. The molecule has 23 heavy (non-hydrogen) atoms. The van der Waals surface area contributed by atoms with Crippen LogP contribution in [-0.4, -0.2) is 19.7 Å². The molecular weight excluding hydrogens is 306 g/mol. The van der Waals surface area contributed by atoms with Gasteiger partial charge < -0.3 is 5.32 Å². The maximum atomic E-state index is 4.68. The summed E-state index contributed by atoms with van der Waals surface area (Å²) in [4.78, 5) is 10.3. The zero-order chi connectivity index (χ0) is 15.6. The predicted octanol–water partition coefficient (Wildman–Crippen LogP) is 3.80. The number of anilines is 1. The van der Waals surface area contributed by atoms with E-state index in [2.05, 4.69) is 44.8 Å². The number of rotatable bonds is 4. The van der Waals surface area contributed by atoms with Crippen LogP contribution in [0.5, 0.6) is 0 Å². The molecule has 0 radical (unpaired) electrons. The van der Waals surface area contributed by atoms with Gasteiger partial charge in [0, 0.05) is 18.9 Å². The summed E-state index contributed by atoms with van der Waals surface area (Å²) >= 11 is 1.63. The molecule has 0 saturated heterocycles. The van der Waals surface area contributed by atoms with Gasteiger partial charge in [-0.05, 0) is 29.5 Å². The number of fused-ring (bicyclic) bond motifs is 1. The fourth-order valence-electron chi connectivity index (χ4n) is 2.47. The average molecular weight is 321 g/mol. The highest BCUT2D eigenvalue weighted by molar-refractivity contribution is 7.17. The number of hydrogen-bond acceptors (Lipinski definition) is 5. The summed E-state index contributed by atoms with van der Waals surface area (Å²) in [5.41, 5.74) is 2.40. The first-order valence-electron chi connectivity index (χ1n) is 7.35. The van der Waals surface area contributed by atoms with Crippen LogP contribution in [0.25, 0.3) is 16.2 Å². The number of nitrogens with zero attached hydrogens (tertiary/aromatic N) is 4. The molecule has 0 aliphatic rings. The van der Waals surface area contributed by atoms with Gasteiger partial charge in [0.15, 0.2) is 0 Å². The second-order valence-corrected chi connectivity index (χ2v) is 6.12. The fraction of sp³-hybridized carbons (Fsp3) is 0.118. The molecule has 0 bridgehead atoms. The van der Waals surface area contributed by atoms with Gasteiger partial charge in [0.25, 0.3) is 5.95 Å². The van der Waals surface area contributed by atoms with Crippen LogP contribution in [0.2, 0.25) is 0 Å². The van der Waals surface area contributed by atoms with Crippen molar-refractivity contribution in [1.82, 2.24) is 19.7 Å². The lowest BCUT2D eigenvalue weighted by Gasteiger charge is -2.09. The maximum absolute atomic E-state index is 4.68. The summed E-state index contributed by atoms with van der Waals surface area (Å²) in [7, 11) is 0. The Bertz CT molecular complexity index is 928. The summed E-state index contributed by atoms with van der Waals surface area (Å²) in [5, 5.41) is 10.9. The van der Waals surface area contributed by atoms with Crippen molar-refractivity contribution in [3.8, 4) is 5.95 Å². The van der Waals surface area contributed by atoms with E-state index in [9.17, 15) is 0 Å². The third-order valence-corrected chi connectivity index (χ3v) is 4.61. The highest BCUT2D eigenvalue weighted by Gasteiger charge is 2.13. The van der Waals surface area contributed by atoms with E-state index in [0.717, 1.165) is 22.6 Å². The average Bonchev–Trinajstić information content (AvgIpc) is 3.24. The molecule has 0 aliphatic heterocycles. The number of thiophene rings is 1. The number of nitrogens with one attached hydrogen (secondary N) is 1. The molecule has 1 N–H and O–H groups in total. The van der Waals surface area contributed by atoms with Crippen molar-refractivity contribution < 1.29 is 0 Å². The topological polar surface area (TPSA) is 55.6 Å². The van der Waals surface area contributed by atoms with E-state index in [1.165, 1.54) is 11.1 Å². The van der Waals surface area contributed by atoms with E-state index in [-0.39, 0.29) is 0 Å². The van der Waals surface area contributed by atoms with E-state index in [4.69, 9.17) is 0 Å². The Labute approximate surface area is 137 Å². The van der Waals surface area contributed by atoms with Gasteiger partial charge in [0.05, 0.1) is 5.39 Å². The van der Waals surface area contributed by atoms with E-state index < -0.39 is 0 Å². The third kappa shape index (κ3) is 2.68. The molecule has 4 rings (SSSR count). The van der Waals surface area contributed by atoms with E-state index in [1.807, 2.05) is 30.5 Å². The zero-order valence-corrected chi connectivity index (χ0v) is 13.4. The molecule has 0 unspecified atom stereocenters. The van der Waals surface area contributed by atoms with Crippen molar-refractivity contribution >= 4 is 27.4 Å². The smallest absolute Gasteiger partial charge is 0.253 e. The Morgan fingerprint density at radius 1 is 1.13 bits per heavy atom. The van der Waals surface area contributed by atoms with Crippen LogP contribution < -0.4 is 5.32 Å². The van der Waals surface area contributed by atoms with E-state index in [0.29, 0.717) is 5.95 Å². The zero-order valence-electron chi connectivity index (χ0n) is 12.6. The Morgan fingerprint density at radius 2 is 2.00 bits per heavy atom. The lowest BCUT2D eigenvalue weighted by molar-refractivity contribution is 0.816.